The molecule has 0 radical (unpaired) electrons. The second-order valence-corrected chi connectivity index (χ2v) is 8.00. The molecule has 0 atom stereocenters. The van der Waals surface area contributed by atoms with Crippen molar-refractivity contribution in [3.8, 4) is 11.4 Å². The van der Waals surface area contributed by atoms with E-state index in [1.54, 1.807) is 18.2 Å². The van der Waals surface area contributed by atoms with Gasteiger partial charge < -0.3 is 4.42 Å². The predicted octanol–water partition coefficient (Wildman–Crippen LogP) is 4.01. The number of furan rings is 1. The topological polar surface area (TPSA) is 112 Å². The SMILES string of the molecule is O=C(Nc1nnc(Cc2ccccc2)s1)/C(=C/c1ccco1)n1nnnc1-c1ccccc1. The second-order valence-electron chi connectivity index (χ2n) is 6.94. The van der Waals surface area contributed by atoms with Crippen LogP contribution in [-0.2, 0) is 11.2 Å². The molecular formula is C23H17N7O2S. The monoisotopic (exact) mass is 455 g/mol. The number of nitrogens with zero attached hydrogens (tertiary/aromatic N) is 6. The molecule has 0 aliphatic carbocycles. The highest BCUT2D eigenvalue weighted by Gasteiger charge is 2.21. The van der Waals surface area contributed by atoms with E-state index in [-0.39, 0.29) is 5.70 Å². The van der Waals surface area contributed by atoms with E-state index in [9.17, 15) is 4.79 Å². The van der Waals surface area contributed by atoms with Crippen LogP contribution in [0.15, 0.2) is 83.5 Å². The molecule has 0 spiro atoms. The van der Waals surface area contributed by atoms with E-state index < -0.39 is 5.91 Å². The minimum atomic E-state index is -0.446. The van der Waals surface area contributed by atoms with Crippen LogP contribution in [0.5, 0.6) is 0 Å². The first-order chi connectivity index (χ1) is 16.3. The Hall–Kier alpha value is -4.44. The molecule has 0 aliphatic heterocycles. The lowest BCUT2D eigenvalue weighted by molar-refractivity contribution is -0.111. The van der Waals surface area contributed by atoms with Crippen molar-refractivity contribution in [3.63, 3.8) is 0 Å². The van der Waals surface area contributed by atoms with Crippen molar-refractivity contribution < 1.29 is 9.21 Å². The minimum absolute atomic E-state index is 0.175. The Morgan fingerprint density at radius 2 is 1.76 bits per heavy atom. The fourth-order valence-electron chi connectivity index (χ4n) is 3.15. The molecule has 0 bridgehead atoms. The van der Waals surface area contributed by atoms with E-state index in [2.05, 4.69) is 31.0 Å². The van der Waals surface area contributed by atoms with E-state index in [1.807, 2.05) is 60.7 Å². The molecule has 0 saturated heterocycles. The Bertz CT molecular complexity index is 1380. The lowest BCUT2D eigenvalue weighted by atomic mass is 10.2. The second kappa shape index (κ2) is 9.37. The van der Waals surface area contributed by atoms with Crippen molar-refractivity contribution in [2.45, 2.75) is 6.42 Å². The van der Waals surface area contributed by atoms with Crippen LogP contribution in [-0.4, -0.2) is 36.3 Å². The normalized spacial score (nSPS) is 11.5. The van der Waals surface area contributed by atoms with Crippen molar-refractivity contribution in [1.29, 1.82) is 0 Å². The number of anilines is 1. The Morgan fingerprint density at radius 1 is 0.970 bits per heavy atom. The molecule has 0 unspecified atom stereocenters. The number of hydrogen-bond acceptors (Lipinski definition) is 8. The number of nitrogens with one attached hydrogen (secondary N) is 1. The number of carbonyl (C=O) groups is 1. The molecule has 9 nitrogen and oxygen atoms in total. The van der Waals surface area contributed by atoms with Gasteiger partial charge in [-0.25, -0.2) is 0 Å². The summed E-state index contributed by atoms with van der Waals surface area (Å²) in [5, 5.41) is 24.2. The average molecular weight is 456 g/mol. The molecule has 3 heterocycles. The first-order valence-electron chi connectivity index (χ1n) is 10.0. The fourth-order valence-corrected chi connectivity index (χ4v) is 3.92. The van der Waals surface area contributed by atoms with Gasteiger partial charge in [0.25, 0.3) is 5.91 Å². The highest BCUT2D eigenvalue weighted by molar-refractivity contribution is 7.15. The van der Waals surface area contributed by atoms with Crippen LogP contribution in [0.2, 0.25) is 0 Å². The van der Waals surface area contributed by atoms with Gasteiger partial charge in [0.05, 0.1) is 6.26 Å². The molecular weight excluding hydrogens is 438 g/mol. The first-order valence-corrected chi connectivity index (χ1v) is 10.8. The van der Waals surface area contributed by atoms with Crippen molar-refractivity contribution in [2.24, 2.45) is 0 Å². The maximum atomic E-state index is 13.3. The zero-order valence-electron chi connectivity index (χ0n) is 17.2. The van der Waals surface area contributed by atoms with E-state index in [4.69, 9.17) is 4.42 Å². The number of aromatic nitrogens is 6. The van der Waals surface area contributed by atoms with Crippen LogP contribution in [0.25, 0.3) is 23.2 Å². The molecule has 0 aliphatic rings. The molecule has 5 rings (SSSR count). The Morgan fingerprint density at radius 3 is 2.52 bits per heavy atom. The standard InChI is InChI=1S/C23H17N7O2S/c31-22(24-23-27-25-20(33-23)14-16-8-3-1-4-9-16)19(15-18-12-7-13-32-18)30-21(26-28-29-30)17-10-5-2-6-11-17/h1-13,15H,14H2,(H,24,27,31)/b19-15-. The Kier molecular flexibility index (Phi) is 5.81. The van der Waals surface area contributed by atoms with Crippen molar-refractivity contribution in [2.75, 3.05) is 5.32 Å². The maximum absolute atomic E-state index is 13.3. The quantitative estimate of drug-likeness (QED) is 0.369. The third kappa shape index (κ3) is 4.75. The van der Waals surface area contributed by atoms with E-state index >= 15 is 0 Å². The molecule has 0 saturated carbocycles. The molecule has 162 valence electrons. The number of benzene rings is 2. The Labute approximate surface area is 192 Å². The van der Waals surface area contributed by atoms with Crippen LogP contribution in [0.4, 0.5) is 5.13 Å². The molecule has 1 N–H and O–H groups in total. The van der Waals surface area contributed by atoms with Gasteiger partial charge in [0, 0.05) is 18.1 Å². The van der Waals surface area contributed by atoms with E-state index in [0.29, 0.717) is 23.1 Å². The summed E-state index contributed by atoms with van der Waals surface area (Å²) in [6.45, 7) is 0. The molecule has 0 fully saturated rings. The zero-order chi connectivity index (χ0) is 22.5. The van der Waals surface area contributed by atoms with Gasteiger partial charge in [-0.05, 0) is 28.1 Å². The van der Waals surface area contributed by atoms with E-state index in [1.165, 1.54) is 22.3 Å². The lowest BCUT2D eigenvalue weighted by Gasteiger charge is -2.08. The van der Waals surface area contributed by atoms with Crippen LogP contribution >= 0.6 is 11.3 Å². The number of hydrogen-bond donors (Lipinski definition) is 1. The zero-order valence-corrected chi connectivity index (χ0v) is 18.0. The largest absolute Gasteiger partial charge is 0.465 e. The van der Waals surface area contributed by atoms with Gasteiger partial charge in [0.2, 0.25) is 5.13 Å². The third-order valence-electron chi connectivity index (χ3n) is 4.67. The van der Waals surface area contributed by atoms with Gasteiger partial charge in [0.15, 0.2) is 5.82 Å². The molecule has 33 heavy (non-hydrogen) atoms. The summed E-state index contributed by atoms with van der Waals surface area (Å²) in [4.78, 5) is 13.3. The first kappa shape index (κ1) is 20.5. The van der Waals surface area contributed by atoms with Gasteiger partial charge >= 0.3 is 0 Å². The lowest BCUT2D eigenvalue weighted by Crippen LogP contribution is -2.19. The van der Waals surface area contributed by atoms with Crippen molar-refractivity contribution in [1.82, 2.24) is 30.4 Å². The molecule has 10 heteroatoms. The number of amides is 1. The summed E-state index contributed by atoms with van der Waals surface area (Å²) in [6.07, 6.45) is 3.73. The van der Waals surface area contributed by atoms with Crippen molar-refractivity contribution in [3.05, 3.63) is 95.4 Å². The summed E-state index contributed by atoms with van der Waals surface area (Å²) in [5.74, 6) is 0.459. The average Bonchev–Trinajstić information content (AvgIpc) is 3.61. The minimum Gasteiger partial charge on any atom is -0.465 e. The van der Waals surface area contributed by atoms with E-state index in [0.717, 1.165) is 16.1 Å². The third-order valence-corrected chi connectivity index (χ3v) is 5.51. The smallest absolute Gasteiger partial charge is 0.276 e. The summed E-state index contributed by atoms with van der Waals surface area (Å²) in [7, 11) is 0. The summed E-state index contributed by atoms with van der Waals surface area (Å²) in [5.41, 5.74) is 2.06. The molecule has 3 aromatic heterocycles. The van der Waals surface area contributed by atoms with Crippen LogP contribution in [0, 0.1) is 0 Å². The Balaban J connectivity index is 1.43. The van der Waals surface area contributed by atoms with Crippen LogP contribution in [0.3, 0.4) is 0 Å². The highest BCUT2D eigenvalue weighted by Crippen LogP contribution is 2.23. The van der Waals surface area contributed by atoms with Crippen molar-refractivity contribution >= 4 is 34.1 Å². The highest BCUT2D eigenvalue weighted by atomic mass is 32.1. The molecule has 1 amide bonds. The van der Waals surface area contributed by atoms with Gasteiger partial charge in [-0.15, -0.1) is 15.3 Å². The van der Waals surface area contributed by atoms with Crippen LogP contribution < -0.4 is 5.32 Å². The molecule has 2 aromatic carbocycles. The number of carbonyl (C=O) groups excluding carboxylic acids is 1. The van der Waals surface area contributed by atoms with Crippen LogP contribution in [0.1, 0.15) is 16.3 Å². The maximum Gasteiger partial charge on any atom is 0.276 e. The summed E-state index contributed by atoms with van der Waals surface area (Å²) >= 11 is 1.31. The summed E-state index contributed by atoms with van der Waals surface area (Å²) in [6, 6.07) is 22.8. The van der Waals surface area contributed by atoms with Gasteiger partial charge in [-0.2, -0.15) is 4.68 Å². The van der Waals surface area contributed by atoms with Gasteiger partial charge in [-0.1, -0.05) is 72.0 Å². The van der Waals surface area contributed by atoms with Gasteiger partial charge in [0.1, 0.15) is 16.5 Å². The molecule has 5 aromatic rings. The van der Waals surface area contributed by atoms with Gasteiger partial charge in [-0.3, -0.25) is 10.1 Å². The summed E-state index contributed by atoms with van der Waals surface area (Å²) < 4.78 is 6.79. The predicted molar refractivity (Wildman–Crippen MR) is 124 cm³/mol. The number of rotatable bonds is 7. The fraction of sp³-hybridized carbons (Fsp3) is 0.0435. The number of tetrazole rings is 1.